The van der Waals surface area contributed by atoms with Gasteiger partial charge in [-0.25, -0.2) is 0 Å². The number of fused-ring (bicyclic) bond motifs is 1. The first-order valence-electron chi connectivity index (χ1n) is 7.86. The van der Waals surface area contributed by atoms with Crippen LogP contribution in [0.5, 0.6) is 0 Å². The van der Waals surface area contributed by atoms with Crippen LogP contribution in [0.1, 0.15) is 54.5 Å². The fourth-order valence-electron chi connectivity index (χ4n) is 3.16. The lowest BCUT2D eigenvalue weighted by molar-refractivity contribution is -0.117. The molecule has 0 spiro atoms. The number of hydrogen-bond donors (Lipinski definition) is 2. The van der Waals surface area contributed by atoms with E-state index in [0.717, 1.165) is 40.8 Å². The molecule has 0 saturated heterocycles. The molecule has 3 rings (SSSR count). The normalized spacial score (nSPS) is 18.0. The molecule has 22 heavy (non-hydrogen) atoms. The maximum Gasteiger partial charge on any atom is 0.232 e. The highest BCUT2D eigenvalue weighted by Gasteiger charge is 2.32. The van der Waals surface area contributed by atoms with Crippen LogP contribution in [0.3, 0.4) is 0 Å². The van der Waals surface area contributed by atoms with Gasteiger partial charge in [-0.1, -0.05) is 56.3 Å². The van der Waals surface area contributed by atoms with Crippen LogP contribution in [0.2, 0.25) is 0 Å². The van der Waals surface area contributed by atoms with Crippen LogP contribution in [-0.2, 0) is 11.2 Å². The van der Waals surface area contributed by atoms with Crippen molar-refractivity contribution in [2.45, 2.75) is 38.7 Å². The van der Waals surface area contributed by atoms with Crippen LogP contribution in [0.4, 0.5) is 5.69 Å². The van der Waals surface area contributed by atoms with Gasteiger partial charge in [0.1, 0.15) is 6.10 Å². The minimum atomic E-state index is -0.725. The van der Waals surface area contributed by atoms with Crippen molar-refractivity contribution in [3.05, 3.63) is 64.7 Å². The Morgan fingerprint density at radius 3 is 2.55 bits per heavy atom. The SMILES string of the molecule is CCc1cc2c(c(C(O)c3ccccc3)c1)NC(=O)C2CC. The maximum atomic E-state index is 12.2. The molecule has 0 saturated carbocycles. The van der Waals surface area contributed by atoms with Crippen molar-refractivity contribution in [1.82, 2.24) is 0 Å². The van der Waals surface area contributed by atoms with Crippen LogP contribution < -0.4 is 5.32 Å². The number of aryl methyl sites for hydroxylation is 1. The fourth-order valence-corrected chi connectivity index (χ4v) is 3.16. The molecule has 2 aromatic rings. The van der Waals surface area contributed by atoms with Crippen LogP contribution in [-0.4, -0.2) is 11.0 Å². The molecular formula is C19H21NO2. The summed E-state index contributed by atoms with van der Waals surface area (Å²) in [6, 6.07) is 13.7. The number of rotatable bonds is 4. The van der Waals surface area contributed by atoms with Gasteiger partial charge < -0.3 is 10.4 Å². The molecule has 2 unspecified atom stereocenters. The molecule has 1 aliphatic heterocycles. The molecule has 1 heterocycles. The van der Waals surface area contributed by atoms with E-state index in [-0.39, 0.29) is 11.8 Å². The number of benzene rings is 2. The highest BCUT2D eigenvalue weighted by atomic mass is 16.3. The summed E-state index contributed by atoms with van der Waals surface area (Å²) in [7, 11) is 0. The third-order valence-corrected chi connectivity index (χ3v) is 4.43. The Morgan fingerprint density at radius 1 is 1.18 bits per heavy atom. The number of aliphatic hydroxyl groups excluding tert-OH is 1. The van der Waals surface area contributed by atoms with E-state index in [0.29, 0.717) is 0 Å². The average Bonchev–Trinajstić information content (AvgIpc) is 2.89. The zero-order valence-corrected chi connectivity index (χ0v) is 13.0. The topological polar surface area (TPSA) is 49.3 Å². The van der Waals surface area contributed by atoms with Gasteiger partial charge in [0.15, 0.2) is 0 Å². The zero-order valence-electron chi connectivity index (χ0n) is 13.0. The number of carbonyl (C=O) groups excluding carboxylic acids is 1. The van der Waals surface area contributed by atoms with Crippen molar-refractivity contribution in [3.63, 3.8) is 0 Å². The second-order valence-electron chi connectivity index (χ2n) is 5.77. The molecular weight excluding hydrogens is 274 g/mol. The Kier molecular flexibility index (Phi) is 3.99. The Labute approximate surface area is 131 Å². The minimum Gasteiger partial charge on any atom is -0.384 e. The first-order chi connectivity index (χ1) is 10.7. The number of aliphatic hydroxyl groups is 1. The quantitative estimate of drug-likeness (QED) is 0.902. The summed E-state index contributed by atoms with van der Waals surface area (Å²) in [5.41, 5.74) is 4.61. The van der Waals surface area contributed by atoms with Gasteiger partial charge in [-0.3, -0.25) is 4.79 Å². The van der Waals surface area contributed by atoms with Gasteiger partial charge in [0.05, 0.1) is 11.6 Å². The molecule has 2 N–H and O–H groups in total. The smallest absolute Gasteiger partial charge is 0.232 e. The van der Waals surface area contributed by atoms with Gasteiger partial charge in [0.2, 0.25) is 5.91 Å². The molecule has 2 aromatic carbocycles. The third-order valence-electron chi connectivity index (χ3n) is 4.43. The minimum absolute atomic E-state index is 0.0345. The molecule has 0 radical (unpaired) electrons. The second-order valence-corrected chi connectivity index (χ2v) is 5.77. The van der Waals surface area contributed by atoms with E-state index >= 15 is 0 Å². The third kappa shape index (κ3) is 2.42. The summed E-state index contributed by atoms with van der Waals surface area (Å²) < 4.78 is 0. The summed E-state index contributed by atoms with van der Waals surface area (Å²) in [5, 5.41) is 13.7. The van der Waals surface area contributed by atoms with Crippen LogP contribution >= 0.6 is 0 Å². The first-order valence-corrected chi connectivity index (χ1v) is 7.86. The van der Waals surface area contributed by atoms with Gasteiger partial charge in [-0.2, -0.15) is 0 Å². The van der Waals surface area contributed by atoms with Gasteiger partial charge in [0.25, 0.3) is 0 Å². The predicted octanol–water partition coefficient (Wildman–Crippen LogP) is 3.78. The molecule has 0 aromatic heterocycles. The average molecular weight is 295 g/mol. The number of amides is 1. The Morgan fingerprint density at radius 2 is 1.91 bits per heavy atom. The van der Waals surface area contributed by atoms with E-state index in [1.807, 2.05) is 43.3 Å². The van der Waals surface area contributed by atoms with E-state index in [9.17, 15) is 9.90 Å². The van der Waals surface area contributed by atoms with Crippen molar-refractivity contribution in [1.29, 1.82) is 0 Å². The fraction of sp³-hybridized carbons (Fsp3) is 0.316. The van der Waals surface area contributed by atoms with Gasteiger partial charge in [-0.15, -0.1) is 0 Å². The highest BCUT2D eigenvalue weighted by molar-refractivity contribution is 6.04. The second kappa shape index (κ2) is 5.93. The lowest BCUT2D eigenvalue weighted by Crippen LogP contribution is -2.11. The Bertz CT molecular complexity index is 694. The Hall–Kier alpha value is -2.13. The number of carbonyl (C=O) groups is 1. The van der Waals surface area contributed by atoms with E-state index in [4.69, 9.17) is 0 Å². The molecule has 114 valence electrons. The monoisotopic (exact) mass is 295 g/mol. The van der Waals surface area contributed by atoms with E-state index in [1.165, 1.54) is 0 Å². The Balaban J connectivity index is 2.13. The molecule has 0 bridgehead atoms. The standard InChI is InChI=1S/C19H21NO2/c1-3-12-10-15-14(4-2)19(22)20-17(15)16(11-12)18(21)13-8-6-5-7-9-13/h5-11,14,18,21H,3-4H2,1-2H3,(H,20,22). The van der Waals surface area contributed by atoms with Crippen molar-refractivity contribution in [2.75, 3.05) is 5.32 Å². The van der Waals surface area contributed by atoms with Crippen molar-refractivity contribution in [3.8, 4) is 0 Å². The van der Waals surface area contributed by atoms with E-state index in [1.54, 1.807) is 0 Å². The van der Waals surface area contributed by atoms with Crippen LogP contribution in [0, 0.1) is 0 Å². The van der Waals surface area contributed by atoms with Crippen molar-refractivity contribution in [2.24, 2.45) is 0 Å². The summed E-state index contributed by atoms with van der Waals surface area (Å²) in [6.45, 7) is 4.11. The molecule has 0 fully saturated rings. The largest absolute Gasteiger partial charge is 0.384 e. The molecule has 1 aliphatic rings. The summed E-state index contributed by atoms with van der Waals surface area (Å²) in [4.78, 5) is 12.2. The summed E-state index contributed by atoms with van der Waals surface area (Å²) in [5.74, 6) is -0.0736. The van der Waals surface area contributed by atoms with E-state index in [2.05, 4.69) is 18.3 Å². The molecule has 0 aliphatic carbocycles. The molecule has 1 amide bonds. The zero-order chi connectivity index (χ0) is 15.7. The highest BCUT2D eigenvalue weighted by Crippen LogP contribution is 2.41. The van der Waals surface area contributed by atoms with Crippen LogP contribution in [0.25, 0.3) is 0 Å². The first kappa shape index (κ1) is 14.8. The molecule has 3 nitrogen and oxygen atoms in total. The van der Waals surface area contributed by atoms with Crippen LogP contribution in [0.15, 0.2) is 42.5 Å². The molecule has 3 heteroatoms. The number of nitrogens with one attached hydrogen (secondary N) is 1. The van der Waals surface area contributed by atoms with Gasteiger partial charge >= 0.3 is 0 Å². The maximum absolute atomic E-state index is 12.2. The lowest BCUT2D eigenvalue weighted by Gasteiger charge is -2.17. The van der Waals surface area contributed by atoms with Gasteiger partial charge in [0, 0.05) is 5.56 Å². The predicted molar refractivity (Wildman–Crippen MR) is 88.0 cm³/mol. The van der Waals surface area contributed by atoms with Crippen molar-refractivity contribution < 1.29 is 9.90 Å². The number of anilines is 1. The van der Waals surface area contributed by atoms with E-state index < -0.39 is 6.10 Å². The van der Waals surface area contributed by atoms with Gasteiger partial charge in [-0.05, 0) is 29.5 Å². The molecule has 2 atom stereocenters. The lowest BCUT2D eigenvalue weighted by atomic mass is 9.90. The summed E-state index contributed by atoms with van der Waals surface area (Å²) in [6.07, 6.45) is 0.927. The summed E-state index contributed by atoms with van der Waals surface area (Å²) >= 11 is 0. The number of hydrogen-bond acceptors (Lipinski definition) is 2. The van der Waals surface area contributed by atoms with Crippen molar-refractivity contribution >= 4 is 11.6 Å².